The van der Waals surface area contributed by atoms with E-state index in [2.05, 4.69) is 17.2 Å². The Morgan fingerprint density at radius 2 is 1.45 bits per heavy atom. The lowest BCUT2D eigenvalue weighted by Crippen LogP contribution is -2.44. The van der Waals surface area contributed by atoms with Crippen molar-refractivity contribution in [3.8, 4) is 5.75 Å². The molecular formula is C36H40N2O9. The van der Waals surface area contributed by atoms with Crippen LogP contribution in [0.25, 0.3) is 10.9 Å². The van der Waals surface area contributed by atoms with Crippen LogP contribution in [0.15, 0.2) is 85.1 Å². The average Bonchev–Trinajstić information content (AvgIpc) is 3.49. The summed E-state index contributed by atoms with van der Waals surface area (Å²) in [5.41, 5.74) is 2.90. The molecule has 3 aromatic carbocycles. The second kappa shape index (κ2) is 18.6. The first-order chi connectivity index (χ1) is 22.9. The standard InChI is InChI=1S/C36H40N2O9/c1-2-3-4-5-12-19-43-33(39)25-44-34(40)32(38-35(41)45-23-26-13-8-6-9-14-26)20-28-22-37-31-18-17-29(21-30(28)31)47-36(42)46-24-27-15-10-7-11-16-27/h6-11,13-18,21-22,32,37H,2-5,12,19-20,23-25H2,1H3,(H,38,41). The SMILES string of the molecule is CCCCCCCOC(=O)COC(=O)C(Cc1c[nH]c2ccc(OC(=O)OCc3ccccc3)cc12)NC(=O)OCc1ccccc1. The molecule has 1 unspecified atom stereocenters. The first kappa shape index (κ1) is 34.6. The van der Waals surface area contributed by atoms with Crippen molar-refractivity contribution >= 4 is 35.1 Å². The Morgan fingerprint density at radius 3 is 2.15 bits per heavy atom. The van der Waals surface area contributed by atoms with Crippen LogP contribution < -0.4 is 10.1 Å². The van der Waals surface area contributed by atoms with Crippen LogP contribution in [0.4, 0.5) is 9.59 Å². The van der Waals surface area contributed by atoms with Crippen molar-refractivity contribution in [2.45, 2.75) is 64.7 Å². The van der Waals surface area contributed by atoms with E-state index in [1.165, 1.54) is 0 Å². The predicted molar refractivity (Wildman–Crippen MR) is 173 cm³/mol. The molecule has 0 saturated carbocycles. The number of alkyl carbamates (subject to hydrolysis) is 1. The molecule has 0 bridgehead atoms. The number of carbonyl (C=O) groups is 4. The molecule has 0 aliphatic rings. The molecule has 11 nitrogen and oxygen atoms in total. The van der Waals surface area contributed by atoms with Crippen LogP contribution in [-0.4, -0.2) is 48.4 Å². The molecule has 0 spiro atoms. The summed E-state index contributed by atoms with van der Waals surface area (Å²) in [6, 6.07) is 22.0. The second-order valence-electron chi connectivity index (χ2n) is 10.9. The molecule has 0 radical (unpaired) electrons. The molecule has 1 amide bonds. The Balaban J connectivity index is 1.39. The number of benzene rings is 3. The number of H-pyrrole nitrogens is 1. The fourth-order valence-electron chi connectivity index (χ4n) is 4.72. The number of aromatic amines is 1. The molecule has 1 heterocycles. The van der Waals surface area contributed by atoms with Crippen molar-refractivity contribution in [1.82, 2.24) is 10.3 Å². The predicted octanol–water partition coefficient (Wildman–Crippen LogP) is 6.78. The number of amides is 1. The fraction of sp³-hybridized carbons (Fsp3) is 0.333. The van der Waals surface area contributed by atoms with Crippen LogP contribution in [0.2, 0.25) is 0 Å². The summed E-state index contributed by atoms with van der Waals surface area (Å²) in [7, 11) is 0. The highest BCUT2D eigenvalue weighted by atomic mass is 16.7. The van der Waals surface area contributed by atoms with Gasteiger partial charge >= 0.3 is 24.2 Å². The quantitative estimate of drug-likeness (QED) is 0.0551. The van der Waals surface area contributed by atoms with E-state index in [1.54, 1.807) is 36.5 Å². The number of ether oxygens (including phenoxy) is 5. The number of unbranched alkanes of at least 4 members (excludes halogenated alkanes) is 4. The Hall–Kier alpha value is -5.32. The minimum Gasteiger partial charge on any atom is -0.463 e. The van der Waals surface area contributed by atoms with Crippen molar-refractivity contribution in [2.75, 3.05) is 13.2 Å². The fourth-order valence-corrected chi connectivity index (χ4v) is 4.72. The smallest absolute Gasteiger partial charge is 0.463 e. The summed E-state index contributed by atoms with van der Waals surface area (Å²) in [6.07, 6.45) is 4.93. The summed E-state index contributed by atoms with van der Waals surface area (Å²) < 4.78 is 26.3. The Bertz CT molecular complexity index is 1590. The van der Waals surface area contributed by atoms with Gasteiger partial charge in [0.2, 0.25) is 0 Å². The molecule has 4 rings (SSSR count). The van der Waals surface area contributed by atoms with E-state index >= 15 is 0 Å². The third-order valence-electron chi connectivity index (χ3n) is 7.20. The zero-order valence-electron chi connectivity index (χ0n) is 26.4. The van der Waals surface area contributed by atoms with Gasteiger partial charge in [0.25, 0.3) is 0 Å². The number of rotatable bonds is 17. The van der Waals surface area contributed by atoms with Crippen LogP contribution in [0.1, 0.15) is 55.7 Å². The summed E-state index contributed by atoms with van der Waals surface area (Å²) in [5.74, 6) is -1.29. The molecule has 11 heteroatoms. The van der Waals surface area contributed by atoms with Crippen LogP contribution in [0.5, 0.6) is 5.75 Å². The summed E-state index contributed by atoms with van der Waals surface area (Å²) >= 11 is 0. The zero-order valence-corrected chi connectivity index (χ0v) is 26.4. The maximum absolute atomic E-state index is 13.2. The van der Waals surface area contributed by atoms with Gasteiger partial charge in [-0.25, -0.2) is 19.2 Å². The van der Waals surface area contributed by atoms with Gasteiger partial charge in [-0.15, -0.1) is 0 Å². The molecule has 2 N–H and O–H groups in total. The van der Waals surface area contributed by atoms with E-state index < -0.39 is 36.8 Å². The van der Waals surface area contributed by atoms with Crippen LogP contribution >= 0.6 is 0 Å². The maximum atomic E-state index is 13.2. The van der Waals surface area contributed by atoms with Crippen molar-refractivity contribution in [3.05, 3.63) is 102 Å². The number of carbonyl (C=O) groups excluding carboxylic acids is 4. The van der Waals surface area contributed by atoms with Crippen LogP contribution in [0.3, 0.4) is 0 Å². The van der Waals surface area contributed by atoms with Crippen LogP contribution in [0, 0.1) is 0 Å². The average molecular weight is 645 g/mol. The minimum absolute atomic E-state index is 0.00677. The zero-order chi connectivity index (χ0) is 33.3. The molecule has 4 aromatic rings. The van der Waals surface area contributed by atoms with Gasteiger partial charge in [0.15, 0.2) is 6.61 Å². The molecular weight excluding hydrogens is 604 g/mol. The van der Waals surface area contributed by atoms with Crippen molar-refractivity contribution in [2.24, 2.45) is 0 Å². The van der Waals surface area contributed by atoms with Gasteiger partial charge < -0.3 is 34.0 Å². The molecule has 1 aromatic heterocycles. The first-order valence-corrected chi connectivity index (χ1v) is 15.7. The van der Waals surface area contributed by atoms with Gasteiger partial charge in [0, 0.05) is 23.5 Å². The van der Waals surface area contributed by atoms with Gasteiger partial charge in [-0.2, -0.15) is 0 Å². The highest BCUT2D eigenvalue weighted by Crippen LogP contribution is 2.25. The van der Waals surface area contributed by atoms with Crippen molar-refractivity contribution < 1.29 is 42.9 Å². The lowest BCUT2D eigenvalue weighted by molar-refractivity contribution is -0.160. The Morgan fingerprint density at radius 1 is 0.766 bits per heavy atom. The lowest BCUT2D eigenvalue weighted by Gasteiger charge is -2.17. The Labute approximate surface area is 273 Å². The number of hydrogen-bond acceptors (Lipinski definition) is 9. The third-order valence-corrected chi connectivity index (χ3v) is 7.20. The third kappa shape index (κ3) is 11.8. The number of aromatic nitrogens is 1. The van der Waals surface area contributed by atoms with Gasteiger partial charge in [0.1, 0.15) is 25.0 Å². The lowest BCUT2D eigenvalue weighted by atomic mass is 10.0. The summed E-state index contributed by atoms with van der Waals surface area (Å²) in [5, 5.41) is 3.19. The number of fused-ring (bicyclic) bond motifs is 1. The van der Waals surface area contributed by atoms with Gasteiger partial charge in [-0.05, 0) is 41.3 Å². The Kier molecular flexibility index (Phi) is 13.7. The van der Waals surface area contributed by atoms with Crippen LogP contribution in [-0.2, 0) is 48.2 Å². The number of nitrogens with one attached hydrogen (secondary N) is 2. The molecule has 0 fully saturated rings. The first-order valence-electron chi connectivity index (χ1n) is 15.7. The number of esters is 2. The summed E-state index contributed by atoms with van der Waals surface area (Å²) in [4.78, 5) is 53.6. The van der Waals surface area contributed by atoms with E-state index in [9.17, 15) is 19.2 Å². The number of hydrogen-bond donors (Lipinski definition) is 2. The molecule has 0 aliphatic heterocycles. The van der Waals surface area contributed by atoms with Crippen molar-refractivity contribution in [1.29, 1.82) is 0 Å². The second-order valence-corrected chi connectivity index (χ2v) is 10.9. The molecule has 0 aliphatic carbocycles. The minimum atomic E-state index is -1.21. The maximum Gasteiger partial charge on any atom is 0.514 e. The summed E-state index contributed by atoms with van der Waals surface area (Å²) in [6.45, 7) is 1.82. The van der Waals surface area contributed by atoms with E-state index in [0.717, 1.165) is 43.2 Å². The van der Waals surface area contributed by atoms with E-state index in [1.807, 2.05) is 48.5 Å². The van der Waals surface area contributed by atoms with E-state index in [0.29, 0.717) is 16.5 Å². The highest BCUT2D eigenvalue weighted by Gasteiger charge is 2.26. The van der Waals surface area contributed by atoms with E-state index in [-0.39, 0.29) is 32.0 Å². The highest BCUT2D eigenvalue weighted by molar-refractivity contribution is 5.88. The van der Waals surface area contributed by atoms with Gasteiger partial charge in [-0.1, -0.05) is 93.3 Å². The van der Waals surface area contributed by atoms with Crippen molar-refractivity contribution in [3.63, 3.8) is 0 Å². The molecule has 47 heavy (non-hydrogen) atoms. The van der Waals surface area contributed by atoms with Gasteiger partial charge in [0.05, 0.1) is 6.61 Å². The largest absolute Gasteiger partial charge is 0.514 e. The topological polar surface area (TPSA) is 142 Å². The normalized spacial score (nSPS) is 11.3. The van der Waals surface area contributed by atoms with Gasteiger partial charge in [-0.3, -0.25) is 0 Å². The molecule has 248 valence electrons. The monoisotopic (exact) mass is 644 g/mol. The van der Waals surface area contributed by atoms with E-state index in [4.69, 9.17) is 23.7 Å². The molecule has 0 saturated heterocycles. The molecule has 1 atom stereocenters.